The van der Waals surface area contributed by atoms with Crippen LogP contribution in [0.3, 0.4) is 0 Å². The highest BCUT2D eigenvalue weighted by molar-refractivity contribution is 6.09. The molecular weight excluding hydrogens is 346 g/mol. The number of urea groups is 1. The fraction of sp³-hybridized carbons (Fsp3) is 0.421. The van der Waals surface area contributed by atoms with Crippen LogP contribution < -0.4 is 10.6 Å². The number of nitrogens with zero attached hydrogens (tertiary/aromatic N) is 3. The molecule has 4 amide bonds. The van der Waals surface area contributed by atoms with Gasteiger partial charge in [0.05, 0.1) is 17.7 Å². The molecule has 0 aromatic heterocycles. The first-order valence-corrected chi connectivity index (χ1v) is 8.71. The molecule has 1 heterocycles. The van der Waals surface area contributed by atoms with E-state index in [0.717, 1.165) is 17.7 Å². The molecule has 138 valence electrons. The average Bonchev–Trinajstić information content (AvgIpc) is 3.21. The van der Waals surface area contributed by atoms with Crippen molar-refractivity contribution in [2.45, 2.75) is 43.7 Å². The highest BCUT2D eigenvalue weighted by Gasteiger charge is 2.50. The Morgan fingerprint density at radius 3 is 2.63 bits per heavy atom. The maximum atomic E-state index is 12.9. The number of hydrogen-bond donors (Lipinski definition) is 2. The topological polar surface area (TPSA) is 126 Å². The quantitative estimate of drug-likeness (QED) is 0.777. The summed E-state index contributed by atoms with van der Waals surface area (Å²) in [5.41, 5.74) is -1.44. The van der Waals surface area contributed by atoms with Crippen LogP contribution in [0.5, 0.6) is 0 Å². The number of hydrogen-bond acceptors (Lipinski definition) is 5. The Morgan fingerprint density at radius 2 is 2.00 bits per heavy atom. The van der Waals surface area contributed by atoms with Gasteiger partial charge in [-0.25, -0.2) is 4.79 Å². The van der Waals surface area contributed by atoms with Gasteiger partial charge in [0.2, 0.25) is 5.91 Å². The second-order valence-corrected chi connectivity index (χ2v) is 7.09. The van der Waals surface area contributed by atoms with E-state index in [4.69, 9.17) is 5.26 Å². The van der Waals surface area contributed by atoms with Crippen molar-refractivity contribution in [3.8, 4) is 12.1 Å². The Bertz CT molecular complexity index is 891. The molecule has 8 heteroatoms. The number of imide groups is 1. The maximum absolute atomic E-state index is 12.9. The average molecular weight is 365 g/mol. The van der Waals surface area contributed by atoms with Gasteiger partial charge in [-0.1, -0.05) is 12.1 Å². The maximum Gasteiger partial charge on any atom is 0.325 e. The molecule has 2 N–H and O–H groups in total. The number of amides is 4. The van der Waals surface area contributed by atoms with Crippen molar-refractivity contribution >= 4 is 17.8 Å². The summed E-state index contributed by atoms with van der Waals surface area (Å²) < 4.78 is 0. The summed E-state index contributed by atoms with van der Waals surface area (Å²) in [6.45, 7) is 1.08. The molecule has 3 rings (SSSR count). The molecule has 27 heavy (non-hydrogen) atoms. The zero-order valence-corrected chi connectivity index (χ0v) is 14.9. The van der Waals surface area contributed by atoms with Crippen LogP contribution in [-0.2, 0) is 15.1 Å². The van der Waals surface area contributed by atoms with Gasteiger partial charge in [0, 0.05) is 0 Å². The van der Waals surface area contributed by atoms with Crippen molar-refractivity contribution in [3.63, 3.8) is 0 Å². The number of rotatable bonds is 4. The molecular formula is C19H19N5O3. The molecule has 1 aromatic carbocycles. The molecule has 2 aliphatic rings. The molecule has 1 aliphatic heterocycles. The lowest BCUT2D eigenvalue weighted by Crippen LogP contribution is -2.50. The van der Waals surface area contributed by atoms with Crippen molar-refractivity contribution < 1.29 is 14.4 Å². The van der Waals surface area contributed by atoms with Gasteiger partial charge in [-0.2, -0.15) is 10.5 Å². The minimum Gasteiger partial charge on any atom is -0.336 e. The van der Waals surface area contributed by atoms with E-state index in [2.05, 4.69) is 16.7 Å². The van der Waals surface area contributed by atoms with Gasteiger partial charge in [0.25, 0.3) is 5.91 Å². The van der Waals surface area contributed by atoms with Crippen LogP contribution in [0.4, 0.5) is 4.79 Å². The molecule has 0 radical (unpaired) electrons. The van der Waals surface area contributed by atoms with Crippen LogP contribution >= 0.6 is 0 Å². The molecule has 1 saturated heterocycles. The zero-order chi connectivity index (χ0) is 19.7. The van der Waals surface area contributed by atoms with E-state index < -0.39 is 35.5 Å². The predicted molar refractivity (Wildman–Crippen MR) is 93.7 cm³/mol. The van der Waals surface area contributed by atoms with Crippen LogP contribution in [0.25, 0.3) is 0 Å². The predicted octanol–water partition coefficient (Wildman–Crippen LogP) is 1.28. The van der Waals surface area contributed by atoms with Crippen LogP contribution in [0.1, 0.15) is 43.7 Å². The van der Waals surface area contributed by atoms with Crippen molar-refractivity contribution in [1.82, 2.24) is 15.5 Å². The van der Waals surface area contributed by atoms with Gasteiger partial charge >= 0.3 is 6.03 Å². The molecule has 1 aromatic rings. The first kappa shape index (κ1) is 18.4. The second kappa shape index (κ2) is 6.73. The summed E-state index contributed by atoms with van der Waals surface area (Å²) in [5, 5.41) is 23.7. The lowest BCUT2D eigenvalue weighted by atomic mass is 9.91. The van der Waals surface area contributed by atoms with Gasteiger partial charge < -0.3 is 10.6 Å². The molecule has 1 atom stereocenters. The minimum absolute atomic E-state index is 0.365. The van der Waals surface area contributed by atoms with E-state index in [9.17, 15) is 19.6 Å². The highest BCUT2D eigenvalue weighted by Crippen LogP contribution is 2.30. The van der Waals surface area contributed by atoms with Crippen LogP contribution in [0.2, 0.25) is 0 Å². The lowest BCUT2D eigenvalue weighted by molar-refractivity contribution is -0.135. The van der Waals surface area contributed by atoms with Crippen LogP contribution in [0, 0.1) is 22.7 Å². The Kier molecular flexibility index (Phi) is 4.59. The fourth-order valence-electron chi connectivity index (χ4n) is 3.63. The van der Waals surface area contributed by atoms with E-state index >= 15 is 0 Å². The molecule has 1 aliphatic carbocycles. The summed E-state index contributed by atoms with van der Waals surface area (Å²) >= 11 is 0. The number of nitrogens with one attached hydrogen (secondary N) is 2. The molecule has 8 nitrogen and oxygen atoms in total. The fourth-order valence-corrected chi connectivity index (χ4v) is 3.63. The molecule has 0 bridgehead atoms. The first-order chi connectivity index (χ1) is 12.8. The van der Waals surface area contributed by atoms with E-state index in [-0.39, 0.29) is 0 Å². The largest absolute Gasteiger partial charge is 0.336 e. The minimum atomic E-state index is -1.36. The van der Waals surface area contributed by atoms with Gasteiger partial charge in [0.1, 0.15) is 17.6 Å². The third kappa shape index (κ3) is 3.22. The number of benzene rings is 1. The van der Waals surface area contributed by atoms with E-state index in [1.807, 2.05) is 6.07 Å². The Labute approximate surface area is 156 Å². The smallest absolute Gasteiger partial charge is 0.325 e. The molecule has 0 spiro atoms. The van der Waals surface area contributed by atoms with Crippen molar-refractivity contribution in [2.75, 3.05) is 6.54 Å². The van der Waals surface area contributed by atoms with Gasteiger partial charge in [-0.15, -0.1) is 0 Å². The summed E-state index contributed by atoms with van der Waals surface area (Å²) in [4.78, 5) is 38.4. The Hall–Kier alpha value is -3.39. The monoisotopic (exact) mass is 365 g/mol. The van der Waals surface area contributed by atoms with Crippen molar-refractivity contribution in [2.24, 2.45) is 0 Å². The number of nitriles is 2. The van der Waals surface area contributed by atoms with E-state index in [0.29, 0.717) is 24.0 Å². The third-order valence-electron chi connectivity index (χ3n) is 5.20. The standard InChI is InChI=1S/C19H19N5O3/c1-18(14-6-4-5-13(9-14)10-20)16(26)24(17(27)23-18)11-15(25)22-19(12-21)7-2-3-8-19/h4-6,9H,2-3,7-8,11H2,1H3,(H,22,25)(H,23,27)/t18-/m1/s1. The number of carbonyl (C=O) groups excluding carboxylic acids is 3. The van der Waals surface area contributed by atoms with Crippen molar-refractivity contribution in [3.05, 3.63) is 35.4 Å². The summed E-state index contributed by atoms with van der Waals surface area (Å²) in [7, 11) is 0. The van der Waals surface area contributed by atoms with Gasteiger partial charge in [-0.05, 0) is 50.3 Å². The second-order valence-electron chi connectivity index (χ2n) is 7.09. The Balaban J connectivity index is 1.77. The summed E-state index contributed by atoms with van der Waals surface area (Å²) in [5.74, 6) is -1.12. The highest BCUT2D eigenvalue weighted by atomic mass is 16.2. The molecule has 1 saturated carbocycles. The van der Waals surface area contributed by atoms with Gasteiger partial charge in [0.15, 0.2) is 0 Å². The lowest BCUT2D eigenvalue weighted by Gasteiger charge is -2.24. The third-order valence-corrected chi connectivity index (χ3v) is 5.20. The first-order valence-electron chi connectivity index (χ1n) is 8.71. The Morgan fingerprint density at radius 1 is 1.30 bits per heavy atom. The normalized spacial score (nSPS) is 23.4. The van der Waals surface area contributed by atoms with E-state index in [1.54, 1.807) is 18.2 Å². The van der Waals surface area contributed by atoms with Crippen LogP contribution in [-0.4, -0.2) is 34.8 Å². The van der Waals surface area contributed by atoms with E-state index in [1.165, 1.54) is 13.0 Å². The number of carbonyl (C=O) groups is 3. The van der Waals surface area contributed by atoms with Crippen molar-refractivity contribution in [1.29, 1.82) is 10.5 Å². The van der Waals surface area contributed by atoms with Crippen LogP contribution in [0.15, 0.2) is 24.3 Å². The SMILES string of the molecule is C[C@]1(c2cccc(C#N)c2)NC(=O)N(CC(=O)NC2(C#N)CCCC2)C1=O. The summed E-state index contributed by atoms with van der Waals surface area (Å²) in [6.07, 6.45) is 2.83. The molecule has 2 fully saturated rings. The summed E-state index contributed by atoms with van der Waals surface area (Å²) in [6, 6.07) is 9.86. The molecule has 0 unspecified atom stereocenters. The van der Waals surface area contributed by atoms with Gasteiger partial charge in [-0.3, -0.25) is 14.5 Å². The zero-order valence-electron chi connectivity index (χ0n) is 14.9.